The highest BCUT2D eigenvalue weighted by Gasteiger charge is 2.09. The molecule has 0 aliphatic carbocycles. The number of aliphatic carboxylic acids is 1. The van der Waals surface area contributed by atoms with E-state index in [1.165, 1.54) is 17.7 Å². The largest absolute Gasteiger partial charge is 0.478 e. The lowest BCUT2D eigenvalue weighted by atomic mass is 10.2. The molecule has 8 heteroatoms. The van der Waals surface area contributed by atoms with Crippen molar-refractivity contribution in [2.24, 2.45) is 0 Å². The molecule has 0 atom stereocenters. The van der Waals surface area contributed by atoms with Crippen molar-refractivity contribution in [2.75, 3.05) is 5.32 Å². The number of pyridine rings is 1. The Balaban J connectivity index is 2.11. The molecule has 0 spiro atoms. The molecule has 0 saturated heterocycles. The van der Waals surface area contributed by atoms with Gasteiger partial charge in [0.2, 0.25) is 0 Å². The summed E-state index contributed by atoms with van der Waals surface area (Å²) in [6.45, 7) is 0. The van der Waals surface area contributed by atoms with E-state index in [1.807, 2.05) is 0 Å². The summed E-state index contributed by atoms with van der Waals surface area (Å²) < 4.78 is 3.59. The third-order valence-corrected chi connectivity index (χ3v) is 2.54. The zero-order valence-corrected chi connectivity index (χ0v) is 10.3. The van der Waals surface area contributed by atoms with Crippen LogP contribution in [0.5, 0.6) is 0 Å². The summed E-state index contributed by atoms with van der Waals surface area (Å²) in [4.78, 5) is 26.1. The van der Waals surface area contributed by atoms with Gasteiger partial charge in [0.15, 0.2) is 5.69 Å². The van der Waals surface area contributed by atoms with E-state index in [1.54, 1.807) is 12.1 Å². The zero-order chi connectivity index (χ0) is 13.7. The number of carbonyl (C=O) groups is 2. The Hall–Kier alpha value is -2.61. The fourth-order valence-electron chi connectivity index (χ4n) is 1.23. The molecular formula is C11H8N4O3S. The van der Waals surface area contributed by atoms with Crippen LogP contribution in [0.4, 0.5) is 5.82 Å². The number of hydrogen-bond donors (Lipinski definition) is 2. The molecular weight excluding hydrogens is 268 g/mol. The summed E-state index contributed by atoms with van der Waals surface area (Å²) in [7, 11) is 0. The first-order valence-corrected chi connectivity index (χ1v) is 5.94. The molecule has 0 bridgehead atoms. The van der Waals surface area contributed by atoms with Crippen molar-refractivity contribution in [3.8, 4) is 0 Å². The van der Waals surface area contributed by atoms with E-state index >= 15 is 0 Å². The van der Waals surface area contributed by atoms with Crippen molar-refractivity contribution in [3.05, 3.63) is 41.0 Å². The summed E-state index contributed by atoms with van der Waals surface area (Å²) in [5.74, 6) is -1.15. The average Bonchev–Trinajstić information content (AvgIpc) is 2.91. The summed E-state index contributed by atoms with van der Waals surface area (Å²) in [6, 6.07) is 3.18. The molecule has 2 rings (SSSR count). The number of anilines is 1. The predicted octanol–water partition coefficient (Wildman–Crippen LogP) is 1.28. The molecule has 0 unspecified atom stereocenters. The molecule has 0 fully saturated rings. The quantitative estimate of drug-likeness (QED) is 0.815. The van der Waals surface area contributed by atoms with Crippen molar-refractivity contribution >= 4 is 35.3 Å². The van der Waals surface area contributed by atoms with Crippen LogP contribution >= 0.6 is 11.5 Å². The Bertz CT molecular complexity index is 625. The fourth-order valence-corrected chi connectivity index (χ4v) is 1.67. The van der Waals surface area contributed by atoms with Crippen LogP contribution < -0.4 is 5.32 Å². The van der Waals surface area contributed by atoms with Gasteiger partial charge in [-0.15, -0.1) is 5.10 Å². The van der Waals surface area contributed by atoms with Gasteiger partial charge in [-0.1, -0.05) is 4.49 Å². The van der Waals surface area contributed by atoms with Crippen molar-refractivity contribution in [1.29, 1.82) is 0 Å². The van der Waals surface area contributed by atoms with Crippen molar-refractivity contribution < 1.29 is 14.7 Å². The van der Waals surface area contributed by atoms with E-state index in [2.05, 4.69) is 19.9 Å². The molecule has 0 aliphatic heterocycles. The van der Waals surface area contributed by atoms with E-state index < -0.39 is 11.9 Å². The van der Waals surface area contributed by atoms with Gasteiger partial charge < -0.3 is 10.4 Å². The van der Waals surface area contributed by atoms with E-state index in [4.69, 9.17) is 5.11 Å². The Morgan fingerprint density at radius 1 is 1.42 bits per heavy atom. The first-order valence-electron chi connectivity index (χ1n) is 5.10. The number of nitrogens with zero attached hydrogens (tertiary/aromatic N) is 3. The maximum Gasteiger partial charge on any atom is 0.328 e. The molecule has 96 valence electrons. The summed E-state index contributed by atoms with van der Waals surface area (Å²) in [6.07, 6.45) is 3.88. The molecule has 2 aromatic rings. The third kappa shape index (κ3) is 3.68. The van der Waals surface area contributed by atoms with Gasteiger partial charge in [0.1, 0.15) is 5.82 Å². The van der Waals surface area contributed by atoms with Gasteiger partial charge in [0.05, 0.1) is 0 Å². The van der Waals surface area contributed by atoms with Crippen LogP contribution in [0.1, 0.15) is 16.1 Å². The first kappa shape index (κ1) is 12.8. The summed E-state index contributed by atoms with van der Waals surface area (Å²) in [5, 5.41) is 16.2. The number of carbonyl (C=O) groups excluding carboxylic acids is 1. The van der Waals surface area contributed by atoms with E-state index in [0.29, 0.717) is 11.4 Å². The smallest absolute Gasteiger partial charge is 0.328 e. The Morgan fingerprint density at radius 2 is 2.26 bits per heavy atom. The summed E-state index contributed by atoms with van der Waals surface area (Å²) >= 11 is 1.07. The van der Waals surface area contributed by atoms with Gasteiger partial charge in [0.25, 0.3) is 5.91 Å². The highest BCUT2D eigenvalue weighted by atomic mass is 32.1. The maximum absolute atomic E-state index is 11.7. The first-order chi connectivity index (χ1) is 9.15. The second-order valence-electron chi connectivity index (χ2n) is 3.39. The molecule has 1 amide bonds. The standard InChI is InChI=1S/C11H8N4O3S/c16-10(17)2-1-7-3-4-12-9(5-7)13-11(18)8-6-19-15-14-8/h1-6H,(H,16,17)(H,12,13,18)/b2-1+. The van der Waals surface area contributed by atoms with Crippen molar-refractivity contribution in [2.45, 2.75) is 0 Å². The molecule has 0 aromatic carbocycles. The van der Waals surface area contributed by atoms with Crippen LogP contribution in [0, 0.1) is 0 Å². The highest BCUT2D eigenvalue weighted by Crippen LogP contribution is 2.10. The topological polar surface area (TPSA) is 105 Å². The minimum atomic E-state index is -1.05. The lowest BCUT2D eigenvalue weighted by molar-refractivity contribution is -0.131. The van der Waals surface area contributed by atoms with Gasteiger partial charge in [-0.2, -0.15) is 0 Å². The second-order valence-corrected chi connectivity index (χ2v) is 4.00. The van der Waals surface area contributed by atoms with Crippen LogP contribution in [0.2, 0.25) is 0 Å². The number of amides is 1. The molecule has 2 heterocycles. The van der Waals surface area contributed by atoms with Crippen LogP contribution in [-0.2, 0) is 4.79 Å². The average molecular weight is 276 g/mol. The lowest BCUT2D eigenvalue weighted by Crippen LogP contribution is -2.13. The predicted molar refractivity (Wildman–Crippen MR) is 68.8 cm³/mol. The van der Waals surface area contributed by atoms with Crippen LogP contribution in [-0.4, -0.2) is 31.6 Å². The Labute approximate surface area is 111 Å². The summed E-state index contributed by atoms with van der Waals surface area (Å²) in [5.41, 5.74) is 0.822. The molecule has 0 saturated carbocycles. The number of carboxylic acids is 1. The van der Waals surface area contributed by atoms with Crippen LogP contribution in [0.3, 0.4) is 0 Å². The second kappa shape index (κ2) is 5.83. The molecule has 2 N–H and O–H groups in total. The molecule has 19 heavy (non-hydrogen) atoms. The minimum Gasteiger partial charge on any atom is -0.478 e. The number of nitrogens with one attached hydrogen (secondary N) is 1. The van der Waals surface area contributed by atoms with E-state index in [0.717, 1.165) is 17.6 Å². The van der Waals surface area contributed by atoms with E-state index in [-0.39, 0.29) is 5.69 Å². The van der Waals surface area contributed by atoms with Crippen LogP contribution in [0.25, 0.3) is 6.08 Å². The zero-order valence-electron chi connectivity index (χ0n) is 9.48. The molecule has 0 aliphatic rings. The Morgan fingerprint density at radius 3 is 2.95 bits per heavy atom. The minimum absolute atomic E-state index is 0.207. The molecule has 7 nitrogen and oxygen atoms in total. The lowest BCUT2D eigenvalue weighted by Gasteiger charge is -2.02. The van der Waals surface area contributed by atoms with Gasteiger partial charge in [-0.25, -0.2) is 9.78 Å². The number of hydrogen-bond acceptors (Lipinski definition) is 6. The van der Waals surface area contributed by atoms with Crippen LogP contribution in [0.15, 0.2) is 29.8 Å². The number of carboxylic acid groups (broad SMARTS) is 1. The van der Waals surface area contributed by atoms with Gasteiger partial charge in [-0.05, 0) is 35.3 Å². The van der Waals surface area contributed by atoms with Crippen molar-refractivity contribution in [1.82, 2.24) is 14.6 Å². The number of aromatic nitrogens is 3. The van der Waals surface area contributed by atoms with E-state index in [9.17, 15) is 9.59 Å². The highest BCUT2D eigenvalue weighted by molar-refractivity contribution is 7.03. The Kier molecular flexibility index (Phi) is 3.94. The molecule has 2 aromatic heterocycles. The normalized spacial score (nSPS) is 10.5. The fraction of sp³-hybridized carbons (Fsp3) is 0. The van der Waals surface area contributed by atoms with Gasteiger partial charge in [0, 0.05) is 17.7 Å². The van der Waals surface area contributed by atoms with Crippen molar-refractivity contribution in [3.63, 3.8) is 0 Å². The SMILES string of the molecule is O=C(O)/C=C/c1ccnc(NC(=O)c2csnn2)c1. The number of rotatable bonds is 4. The third-order valence-electron chi connectivity index (χ3n) is 2.04. The van der Waals surface area contributed by atoms with Gasteiger partial charge >= 0.3 is 5.97 Å². The monoisotopic (exact) mass is 276 g/mol. The molecule has 0 radical (unpaired) electrons. The van der Waals surface area contributed by atoms with Gasteiger partial charge in [-0.3, -0.25) is 4.79 Å². The maximum atomic E-state index is 11.7.